The second-order valence-corrected chi connectivity index (χ2v) is 18.9. The van der Waals surface area contributed by atoms with Crippen molar-refractivity contribution in [3.05, 3.63) is 51.6 Å². The number of aliphatic hydroxyl groups excluding tert-OH is 4. The Morgan fingerprint density at radius 2 is 1.79 bits per heavy atom. The molecular weight excluding hydrogens is 748 g/mol. The lowest BCUT2D eigenvalue weighted by atomic mass is 9.43. The summed E-state index contributed by atoms with van der Waals surface area (Å²) >= 11 is 0. The van der Waals surface area contributed by atoms with Crippen LogP contribution in [0.3, 0.4) is 0 Å². The summed E-state index contributed by atoms with van der Waals surface area (Å²) in [5.41, 5.74) is 1.46. The van der Waals surface area contributed by atoms with Crippen LogP contribution < -0.4 is 4.74 Å². The Kier molecular flexibility index (Phi) is 8.97. The number of hydrogen-bond donors (Lipinski definition) is 7. The van der Waals surface area contributed by atoms with E-state index in [-0.39, 0.29) is 81.2 Å². The molecule has 3 saturated carbocycles. The third kappa shape index (κ3) is 5.26. The molecule has 13 heteroatoms. The van der Waals surface area contributed by atoms with Crippen molar-refractivity contribution >= 4 is 22.5 Å². The molecule has 2 bridgehead atoms. The van der Waals surface area contributed by atoms with Gasteiger partial charge in [-0.1, -0.05) is 18.9 Å². The topological polar surface area (TPSA) is 213 Å². The molecule has 2 aromatic carbocycles. The standard InChI is InChI=1S/C45H54O13/c1-20-32(21(2)47)37(50)34-25(36(20)49)13-22(41(53)54)14-31(34)56-42-38(51)39(52)45-17-26-27-16-43(9-3-4-10-43)15-23-18-55-19-44(11-12-46,35(23)27)28-6-5-24(33(26)28)30(58-45)8-7-29(48)40(45)57-42/h6,13-14,23,26-27,29-30,35,38-40,42,46,48-52H,3-5,7-12,15-19H2,1-2H3,(H,53,54). The summed E-state index contributed by atoms with van der Waals surface area (Å²) in [5, 5.41) is 79.7. The Labute approximate surface area is 336 Å². The maximum atomic E-state index is 12.7. The third-order valence-electron chi connectivity index (χ3n) is 16.1. The van der Waals surface area contributed by atoms with E-state index in [1.54, 1.807) is 0 Å². The van der Waals surface area contributed by atoms with Crippen LogP contribution in [0.15, 0.2) is 34.9 Å². The Morgan fingerprint density at radius 3 is 2.52 bits per heavy atom. The number of rotatable bonds is 6. The van der Waals surface area contributed by atoms with Gasteiger partial charge in [0.1, 0.15) is 41.2 Å². The molecule has 2 aromatic rings. The summed E-state index contributed by atoms with van der Waals surface area (Å²) in [6.45, 7) is 3.93. The van der Waals surface area contributed by atoms with Crippen LogP contribution in [-0.4, -0.2) is 110 Å². The van der Waals surface area contributed by atoms with Crippen molar-refractivity contribution in [2.45, 2.75) is 127 Å². The molecule has 4 aliphatic heterocycles. The molecule has 7 N–H and O–H groups in total. The first-order valence-electron chi connectivity index (χ1n) is 21.2. The summed E-state index contributed by atoms with van der Waals surface area (Å²) in [7, 11) is 0. The zero-order valence-corrected chi connectivity index (χ0v) is 33.0. The number of ether oxygens (including phenoxy) is 4. The Bertz CT molecular complexity index is 2150. The van der Waals surface area contributed by atoms with Gasteiger partial charge in [0, 0.05) is 29.6 Å². The van der Waals surface area contributed by atoms with Gasteiger partial charge >= 0.3 is 5.97 Å². The largest absolute Gasteiger partial charge is 0.507 e. The maximum absolute atomic E-state index is 12.7. The van der Waals surface area contributed by atoms with Crippen LogP contribution in [0.5, 0.6) is 17.2 Å². The molecule has 13 nitrogen and oxygen atoms in total. The fourth-order valence-corrected chi connectivity index (χ4v) is 14.0. The Morgan fingerprint density at radius 1 is 1.02 bits per heavy atom. The average Bonchev–Trinajstić information content (AvgIpc) is 3.78. The smallest absolute Gasteiger partial charge is 0.335 e. The molecule has 3 saturated heterocycles. The molecule has 0 radical (unpaired) electrons. The number of aromatic carboxylic acids is 1. The molecule has 4 heterocycles. The van der Waals surface area contributed by atoms with Gasteiger partial charge in [-0.15, -0.1) is 0 Å². The summed E-state index contributed by atoms with van der Waals surface area (Å²) < 4.78 is 26.5. The summed E-state index contributed by atoms with van der Waals surface area (Å²) in [4.78, 5) is 25.0. The summed E-state index contributed by atoms with van der Waals surface area (Å²) in [5.74, 6) is -2.54. The van der Waals surface area contributed by atoms with Crippen molar-refractivity contribution < 1.29 is 64.3 Å². The van der Waals surface area contributed by atoms with Crippen LogP contribution in [0.2, 0.25) is 0 Å². The highest BCUT2D eigenvalue weighted by atomic mass is 16.7. The van der Waals surface area contributed by atoms with Gasteiger partial charge in [0.2, 0.25) is 6.29 Å². The molecule has 312 valence electrons. The number of aromatic hydroxyl groups is 2. The van der Waals surface area contributed by atoms with E-state index in [2.05, 4.69) is 6.08 Å². The maximum Gasteiger partial charge on any atom is 0.335 e. The average molecular weight is 803 g/mol. The molecule has 0 amide bonds. The molecule has 12 unspecified atom stereocenters. The van der Waals surface area contributed by atoms with Crippen molar-refractivity contribution in [1.82, 2.24) is 0 Å². The Hall–Kier alpha value is -3.56. The first-order chi connectivity index (χ1) is 27.7. The Balaban J connectivity index is 1.07. The van der Waals surface area contributed by atoms with Gasteiger partial charge in [-0.25, -0.2) is 4.79 Å². The van der Waals surface area contributed by atoms with Gasteiger partial charge in [0.25, 0.3) is 0 Å². The van der Waals surface area contributed by atoms with Crippen LogP contribution in [0.1, 0.15) is 104 Å². The van der Waals surface area contributed by atoms with Crippen molar-refractivity contribution in [3.63, 3.8) is 0 Å². The molecule has 10 rings (SSSR count). The summed E-state index contributed by atoms with van der Waals surface area (Å²) in [6.07, 6.45) is 3.49. The number of aliphatic hydroxyl groups is 4. The van der Waals surface area contributed by atoms with Crippen molar-refractivity contribution in [3.8, 4) is 17.2 Å². The second-order valence-electron chi connectivity index (χ2n) is 18.9. The predicted molar refractivity (Wildman–Crippen MR) is 207 cm³/mol. The lowest BCUT2D eigenvalue weighted by molar-refractivity contribution is -0.336. The lowest BCUT2D eigenvalue weighted by Crippen LogP contribution is -2.71. The fourth-order valence-electron chi connectivity index (χ4n) is 14.0. The number of phenols is 2. The molecular formula is C45H54O13. The number of carboxylic acids is 1. The molecule has 0 aromatic heterocycles. The van der Waals surface area contributed by atoms with Crippen molar-refractivity contribution in [1.29, 1.82) is 0 Å². The van der Waals surface area contributed by atoms with E-state index in [0.29, 0.717) is 38.4 Å². The number of phenolic OH excluding ortho intramolecular Hbond substituents is 2. The van der Waals surface area contributed by atoms with E-state index in [1.165, 1.54) is 37.8 Å². The van der Waals surface area contributed by atoms with Crippen LogP contribution in [-0.2, 0) is 14.2 Å². The molecule has 2 spiro atoms. The zero-order valence-electron chi connectivity index (χ0n) is 33.0. The van der Waals surface area contributed by atoms with E-state index in [4.69, 9.17) is 18.9 Å². The third-order valence-corrected chi connectivity index (χ3v) is 16.1. The monoisotopic (exact) mass is 802 g/mol. The van der Waals surface area contributed by atoms with Gasteiger partial charge in [0.15, 0.2) is 5.78 Å². The number of fused-ring (bicyclic) bond motifs is 5. The van der Waals surface area contributed by atoms with E-state index >= 15 is 0 Å². The number of hydrogen-bond acceptors (Lipinski definition) is 12. The van der Waals surface area contributed by atoms with Gasteiger partial charge in [-0.05, 0) is 130 Å². The lowest BCUT2D eigenvalue weighted by Gasteiger charge is -2.64. The van der Waals surface area contributed by atoms with Crippen molar-refractivity contribution in [2.24, 2.45) is 34.5 Å². The fraction of sp³-hybridized carbons (Fsp3) is 0.644. The van der Waals surface area contributed by atoms with Gasteiger partial charge < -0.3 is 54.7 Å². The van der Waals surface area contributed by atoms with Crippen LogP contribution in [0, 0.1) is 41.4 Å². The van der Waals surface area contributed by atoms with E-state index in [1.807, 2.05) is 0 Å². The number of benzene rings is 2. The normalized spacial score (nSPS) is 39.7. The number of allylic oxidation sites excluding steroid dienone is 2. The molecule has 6 fully saturated rings. The predicted octanol–water partition coefficient (Wildman–Crippen LogP) is 4.83. The zero-order chi connectivity index (χ0) is 40.6. The highest BCUT2D eigenvalue weighted by Gasteiger charge is 2.69. The molecule has 12 atom stereocenters. The van der Waals surface area contributed by atoms with Crippen LogP contribution in [0.4, 0.5) is 0 Å². The van der Waals surface area contributed by atoms with Crippen LogP contribution in [0.25, 0.3) is 10.8 Å². The highest BCUT2D eigenvalue weighted by molar-refractivity contribution is 6.11. The minimum absolute atomic E-state index is 0.0467. The first-order valence-corrected chi connectivity index (χ1v) is 21.2. The molecule has 58 heavy (non-hydrogen) atoms. The van der Waals surface area contributed by atoms with Crippen molar-refractivity contribution in [2.75, 3.05) is 19.8 Å². The molecule has 4 aliphatic carbocycles. The van der Waals surface area contributed by atoms with E-state index in [9.17, 15) is 45.3 Å². The number of ketones is 1. The minimum atomic E-state index is -1.78. The van der Waals surface area contributed by atoms with Gasteiger partial charge in [-0.3, -0.25) is 4.79 Å². The first kappa shape index (κ1) is 38.6. The van der Waals surface area contributed by atoms with Crippen LogP contribution >= 0.6 is 0 Å². The minimum Gasteiger partial charge on any atom is -0.507 e. The number of carbonyl (C=O) groups excluding carboxylic acids is 1. The van der Waals surface area contributed by atoms with Gasteiger partial charge in [0.05, 0.1) is 35.3 Å². The quantitative estimate of drug-likeness (QED) is 0.154. The van der Waals surface area contributed by atoms with E-state index < -0.39 is 65.7 Å². The second kappa shape index (κ2) is 13.5. The summed E-state index contributed by atoms with van der Waals surface area (Å²) in [6, 6.07) is 2.26. The number of carbonyl (C=O) groups is 2. The van der Waals surface area contributed by atoms with Gasteiger partial charge in [-0.2, -0.15) is 0 Å². The highest BCUT2D eigenvalue weighted by Crippen LogP contribution is 2.71. The SMILES string of the molecule is CC(=O)c1c(C)c(O)c2cc(C(=O)O)cc(OC3OC4C(O)CCC5OC4(CC4C6=C5CC=C6C5(CCO)COCC6CC7(CCCC7)CC4C65)C(O)C3O)c2c1O. The number of Topliss-reactive ketones (excluding diaryl/α,β-unsaturated/α-hetero) is 1. The van der Waals surface area contributed by atoms with E-state index in [0.717, 1.165) is 43.4 Å². The number of carboxylic acid groups (broad SMARTS) is 1. The molecule has 8 aliphatic rings.